The lowest BCUT2D eigenvalue weighted by molar-refractivity contribution is 0.357. The Kier molecular flexibility index (Phi) is 10.6. The molecule has 1 fully saturated rings. The number of rotatable bonds is 8. The lowest BCUT2D eigenvalue weighted by Crippen LogP contribution is -2.46. The summed E-state index contributed by atoms with van der Waals surface area (Å²) in [6.07, 6.45) is 1.06. The van der Waals surface area contributed by atoms with Crippen molar-refractivity contribution in [3.05, 3.63) is 18.2 Å². The van der Waals surface area contributed by atoms with E-state index in [4.69, 9.17) is 9.47 Å². The third kappa shape index (κ3) is 7.25. The molecule has 0 saturated carbocycles. The molecule has 0 aromatic heterocycles. The highest BCUT2D eigenvalue weighted by molar-refractivity contribution is 14.0. The molecule has 1 aromatic carbocycles. The highest BCUT2D eigenvalue weighted by atomic mass is 127. The van der Waals surface area contributed by atoms with Crippen molar-refractivity contribution in [2.75, 3.05) is 65.9 Å². The Balaban J connectivity index is 0.00000364. The molecular weight excluding hydrogens is 457 g/mol. The van der Waals surface area contributed by atoms with E-state index in [1.165, 1.54) is 0 Å². The minimum absolute atomic E-state index is 0. The van der Waals surface area contributed by atoms with Crippen molar-refractivity contribution in [3.8, 4) is 11.5 Å². The maximum absolute atomic E-state index is 5.38. The van der Waals surface area contributed by atoms with Gasteiger partial charge in [0.1, 0.15) is 11.5 Å². The Labute approximate surface area is 180 Å². The number of anilines is 1. The first-order valence-electron chi connectivity index (χ1n) is 9.23. The van der Waals surface area contributed by atoms with Crippen molar-refractivity contribution in [1.29, 1.82) is 0 Å². The smallest absolute Gasteiger partial charge is 0.191 e. The van der Waals surface area contributed by atoms with Crippen LogP contribution in [0.15, 0.2) is 23.2 Å². The lowest BCUT2D eigenvalue weighted by Gasteiger charge is -2.22. The maximum atomic E-state index is 5.38. The van der Waals surface area contributed by atoms with E-state index >= 15 is 0 Å². The van der Waals surface area contributed by atoms with Gasteiger partial charge in [0.15, 0.2) is 5.96 Å². The van der Waals surface area contributed by atoms with E-state index in [1.807, 2.05) is 13.1 Å². The van der Waals surface area contributed by atoms with Crippen LogP contribution in [0.1, 0.15) is 13.3 Å². The first-order valence-corrected chi connectivity index (χ1v) is 9.23. The van der Waals surface area contributed by atoms with Gasteiger partial charge in [0, 0.05) is 63.2 Å². The van der Waals surface area contributed by atoms with Crippen LogP contribution < -0.4 is 25.0 Å². The summed E-state index contributed by atoms with van der Waals surface area (Å²) in [6.45, 7) is 7.00. The van der Waals surface area contributed by atoms with Gasteiger partial charge in [-0.25, -0.2) is 0 Å². The molecule has 2 N–H and O–H groups in total. The SMILES string of the molecule is CCN(C)CCNC(=NC)NC1CCN(c2cc(OC)cc(OC)c2)C1.I. The Hall–Kier alpha value is -1.42. The molecule has 0 amide bonds. The van der Waals surface area contributed by atoms with Gasteiger partial charge in [0.2, 0.25) is 0 Å². The van der Waals surface area contributed by atoms with Gasteiger partial charge in [-0.05, 0) is 20.0 Å². The van der Waals surface area contributed by atoms with E-state index in [0.29, 0.717) is 6.04 Å². The zero-order valence-electron chi connectivity index (χ0n) is 17.1. The number of benzene rings is 1. The first-order chi connectivity index (χ1) is 12.6. The maximum Gasteiger partial charge on any atom is 0.191 e. The minimum atomic E-state index is 0. The van der Waals surface area contributed by atoms with Crippen LogP contribution >= 0.6 is 24.0 Å². The molecule has 1 aromatic rings. The van der Waals surface area contributed by atoms with Crippen molar-refractivity contribution >= 4 is 35.6 Å². The van der Waals surface area contributed by atoms with E-state index in [1.54, 1.807) is 14.2 Å². The topological polar surface area (TPSA) is 61.4 Å². The van der Waals surface area contributed by atoms with E-state index < -0.39 is 0 Å². The van der Waals surface area contributed by atoms with Crippen LogP contribution in [0.3, 0.4) is 0 Å². The zero-order valence-corrected chi connectivity index (χ0v) is 19.4. The summed E-state index contributed by atoms with van der Waals surface area (Å²) < 4.78 is 10.8. The summed E-state index contributed by atoms with van der Waals surface area (Å²) in [7, 11) is 7.30. The number of guanidine groups is 1. The summed E-state index contributed by atoms with van der Waals surface area (Å²) >= 11 is 0. The first kappa shape index (κ1) is 23.6. The highest BCUT2D eigenvalue weighted by Crippen LogP contribution is 2.30. The van der Waals surface area contributed by atoms with Crippen LogP contribution in [-0.2, 0) is 0 Å². The van der Waals surface area contributed by atoms with Crippen molar-refractivity contribution in [1.82, 2.24) is 15.5 Å². The molecule has 7 nitrogen and oxygen atoms in total. The fourth-order valence-corrected chi connectivity index (χ4v) is 3.00. The van der Waals surface area contributed by atoms with E-state index in [9.17, 15) is 0 Å². The molecule has 1 heterocycles. The van der Waals surface area contributed by atoms with Crippen molar-refractivity contribution in [3.63, 3.8) is 0 Å². The quantitative estimate of drug-likeness (QED) is 0.330. The standard InChI is InChI=1S/C19H33N5O2.HI/c1-6-23(3)10-8-21-19(20-2)22-15-7-9-24(14-15)16-11-17(25-4)13-18(12-16)26-5;/h11-13,15H,6-10,14H2,1-5H3,(H2,20,21,22);1H. The molecule has 1 saturated heterocycles. The monoisotopic (exact) mass is 491 g/mol. The molecule has 0 radical (unpaired) electrons. The molecular formula is C19H34IN5O2. The number of methoxy groups -OCH3 is 2. The molecule has 154 valence electrons. The molecule has 27 heavy (non-hydrogen) atoms. The van der Waals surface area contributed by atoms with Crippen LogP contribution in [0.25, 0.3) is 0 Å². The fourth-order valence-electron chi connectivity index (χ4n) is 3.00. The van der Waals surface area contributed by atoms with Gasteiger partial charge in [-0.1, -0.05) is 6.92 Å². The predicted octanol–water partition coefficient (Wildman–Crippen LogP) is 2.02. The fraction of sp³-hybridized carbons (Fsp3) is 0.632. The molecule has 1 aliphatic rings. The molecule has 2 rings (SSSR count). The van der Waals surface area contributed by atoms with Crippen LogP contribution in [0.5, 0.6) is 11.5 Å². The average molecular weight is 491 g/mol. The second-order valence-corrected chi connectivity index (χ2v) is 6.54. The third-order valence-corrected chi connectivity index (χ3v) is 4.78. The van der Waals surface area contributed by atoms with Crippen LogP contribution in [0.4, 0.5) is 5.69 Å². The number of halogens is 1. The van der Waals surface area contributed by atoms with Gasteiger partial charge in [-0.15, -0.1) is 24.0 Å². The molecule has 1 unspecified atom stereocenters. The second kappa shape index (κ2) is 12.1. The van der Waals surface area contributed by atoms with E-state index in [0.717, 1.165) is 62.3 Å². The Morgan fingerprint density at radius 1 is 1.26 bits per heavy atom. The number of hydrogen-bond donors (Lipinski definition) is 2. The van der Waals surface area contributed by atoms with E-state index in [-0.39, 0.29) is 24.0 Å². The Morgan fingerprint density at radius 3 is 2.48 bits per heavy atom. The summed E-state index contributed by atoms with van der Waals surface area (Å²) in [6, 6.07) is 6.37. The number of hydrogen-bond acceptors (Lipinski definition) is 5. The molecule has 0 bridgehead atoms. The van der Waals surface area contributed by atoms with Gasteiger partial charge in [-0.3, -0.25) is 4.99 Å². The number of likely N-dealkylation sites (N-methyl/N-ethyl adjacent to an activating group) is 1. The molecule has 0 aliphatic carbocycles. The summed E-state index contributed by atoms with van der Waals surface area (Å²) in [5.74, 6) is 2.49. The second-order valence-electron chi connectivity index (χ2n) is 6.54. The van der Waals surface area contributed by atoms with Crippen molar-refractivity contribution in [2.24, 2.45) is 4.99 Å². The normalized spacial score (nSPS) is 16.9. The van der Waals surface area contributed by atoms with Gasteiger partial charge in [0.25, 0.3) is 0 Å². The van der Waals surface area contributed by atoms with E-state index in [2.05, 4.69) is 51.5 Å². The van der Waals surface area contributed by atoms with Crippen molar-refractivity contribution < 1.29 is 9.47 Å². The molecule has 8 heteroatoms. The predicted molar refractivity (Wildman–Crippen MR) is 123 cm³/mol. The largest absolute Gasteiger partial charge is 0.497 e. The molecule has 1 aliphatic heterocycles. The lowest BCUT2D eigenvalue weighted by atomic mass is 10.2. The minimum Gasteiger partial charge on any atom is -0.497 e. The van der Waals surface area contributed by atoms with Gasteiger partial charge >= 0.3 is 0 Å². The third-order valence-electron chi connectivity index (χ3n) is 4.78. The van der Waals surface area contributed by atoms with Gasteiger partial charge in [-0.2, -0.15) is 0 Å². The number of nitrogens with one attached hydrogen (secondary N) is 2. The number of nitrogens with zero attached hydrogens (tertiary/aromatic N) is 3. The highest BCUT2D eigenvalue weighted by Gasteiger charge is 2.24. The number of ether oxygens (including phenoxy) is 2. The Bertz CT molecular complexity index is 577. The summed E-state index contributed by atoms with van der Waals surface area (Å²) in [5, 5.41) is 6.92. The summed E-state index contributed by atoms with van der Waals surface area (Å²) in [4.78, 5) is 8.96. The summed E-state index contributed by atoms with van der Waals surface area (Å²) in [5.41, 5.74) is 1.12. The Morgan fingerprint density at radius 2 is 1.93 bits per heavy atom. The number of aliphatic imine (C=N–C) groups is 1. The van der Waals surface area contributed by atoms with Crippen LogP contribution in [0.2, 0.25) is 0 Å². The zero-order chi connectivity index (χ0) is 18.9. The van der Waals surface area contributed by atoms with Crippen LogP contribution in [0, 0.1) is 0 Å². The van der Waals surface area contributed by atoms with Gasteiger partial charge < -0.3 is 29.9 Å². The van der Waals surface area contributed by atoms with Gasteiger partial charge in [0.05, 0.1) is 14.2 Å². The molecule has 0 spiro atoms. The van der Waals surface area contributed by atoms with Crippen molar-refractivity contribution in [2.45, 2.75) is 19.4 Å². The van der Waals surface area contributed by atoms with Crippen LogP contribution in [-0.4, -0.2) is 77.9 Å². The average Bonchev–Trinajstić information content (AvgIpc) is 3.15. The molecule has 1 atom stereocenters.